The van der Waals surface area contributed by atoms with Crippen LogP contribution in [0.2, 0.25) is 0 Å². The molecule has 0 aromatic carbocycles. The van der Waals surface area contributed by atoms with Crippen LogP contribution in [0.25, 0.3) is 0 Å². The molecular weight excluding hydrogens is 255 g/mol. The Balaban J connectivity index is 4.43. The van der Waals surface area contributed by atoms with Crippen LogP contribution in [0.3, 0.4) is 0 Å². The van der Waals surface area contributed by atoms with E-state index in [0.717, 1.165) is 25.7 Å². The number of rotatable bonds is 10. The van der Waals surface area contributed by atoms with E-state index in [1.807, 2.05) is 13.8 Å². The summed E-state index contributed by atoms with van der Waals surface area (Å²) < 4.78 is 27.1. The molecule has 0 fully saturated rings. The molecule has 106 valence electrons. The summed E-state index contributed by atoms with van der Waals surface area (Å²) in [6.07, 6.45) is 3.24. The van der Waals surface area contributed by atoms with Crippen molar-refractivity contribution in [2.75, 3.05) is 13.2 Å². The van der Waals surface area contributed by atoms with Gasteiger partial charge in [0, 0.05) is 5.57 Å². The van der Waals surface area contributed by atoms with E-state index in [4.69, 9.17) is 13.6 Å². The molecular formula is C12H23O5P. The number of hydrogen-bond donors (Lipinski definition) is 0. The molecule has 0 atom stereocenters. The molecule has 0 N–H and O–H groups in total. The Morgan fingerprint density at radius 2 is 1.56 bits per heavy atom. The summed E-state index contributed by atoms with van der Waals surface area (Å²) in [4.78, 5) is 11.4. The number of hydrogen-bond acceptors (Lipinski definition) is 5. The molecule has 0 aromatic rings. The summed E-state index contributed by atoms with van der Waals surface area (Å²) in [5.74, 6) is -0.758. The third-order valence-corrected chi connectivity index (χ3v) is 3.42. The molecule has 18 heavy (non-hydrogen) atoms. The van der Waals surface area contributed by atoms with E-state index >= 15 is 0 Å². The summed E-state index contributed by atoms with van der Waals surface area (Å²) in [5, 5.41) is 0. The summed E-state index contributed by atoms with van der Waals surface area (Å²) in [7, 11) is -3.80. The maximum Gasteiger partial charge on any atom is 0.532 e. The van der Waals surface area contributed by atoms with Crippen molar-refractivity contribution in [1.82, 2.24) is 0 Å². The van der Waals surface area contributed by atoms with Gasteiger partial charge in [-0.3, -0.25) is 9.05 Å². The fraction of sp³-hybridized carbons (Fsp3) is 0.750. The van der Waals surface area contributed by atoms with E-state index in [0.29, 0.717) is 0 Å². The lowest BCUT2D eigenvalue weighted by atomic mass is 10.4. The predicted molar refractivity (Wildman–Crippen MR) is 70.2 cm³/mol. The molecule has 0 radical (unpaired) electrons. The van der Waals surface area contributed by atoms with E-state index in [9.17, 15) is 9.36 Å². The van der Waals surface area contributed by atoms with Gasteiger partial charge in [-0.2, -0.15) is 0 Å². The van der Waals surface area contributed by atoms with E-state index in [-0.39, 0.29) is 18.8 Å². The Morgan fingerprint density at radius 3 is 1.89 bits per heavy atom. The van der Waals surface area contributed by atoms with Crippen LogP contribution in [0, 0.1) is 0 Å². The van der Waals surface area contributed by atoms with Gasteiger partial charge in [-0.15, -0.1) is 0 Å². The Morgan fingerprint density at radius 1 is 1.11 bits per heavy atom. The summed E-state index contributed by atoms with van der Waals surface area (Å²) in [6.45, 7) is 9.34. The van der Waals surface area contributed by atoms with Crippen LogP contribution in [0.4, 0.5) is 0 Å². The third-order valence-electron chi connectivity index (χ3n) is 2.04. The molecule has 0 aromatic heterocycles. The minimum atomic E-state index is -3.80. The monoisotopic (exact) mass is 278 g/mol. The lowest BCUT2D eigenvalue weighted by Gasteiger charge is -2.17. The second-order valence-electron chi connectivity index (χ2n) is 3.98. The van der Waals surface area contributed by atoms with Crippen molar-refractivity contribution in [2.45, 2.75) is 46.5 Å². The van der Waals surface area contributed by atoms with Gasteiger partial charge in [0.15, 0.2) is 0 Å². The number of phosphoric ester groups is 1. The highest BCUT2D eigenvalue weighted by molar-refractivity contribution is 7.49. The van der Waals surface area contributed by atoms with Crippen LogP contribution >= 0.6 is 7.82 Å². The van der Waals surface area contributed by atoms with Gasteiger partial charge in [0.25, 0.3) is 0 Å². The summed E-state index contributed by atoms with van der Waals surface area (Å²) in [6, 6.07) is 0. The highest BCUT2D eigenvalue weighted by Gasteiger charge is 2.31. The van der Waals surface area contributed by atoms with Crippen molar-refractivity contribution in [3.05, 3.63) is 12.2 Å². The van der Waals surface area contributed by atoms with Gasteiger partial charge in [-0.1, -0.05) is 33.3 Å². The number of phosphoric acid groups is 1. The predicted octanol–water partition coefficient (Wildman–Crippen LogP) is 3.85. The zero-order valence-electron chi connectivity index (χ0n) is 11.4. The van der Waals surface area contributed by atoms with Crippen LogP contribution in [0.15, 0.2) is 12.2 Å². The zero-order valence-corrected chi connectivity index (χ0v) is 12.3. The average molecular weight is 278 g/mol. The van der Waals surface area contributed by atoms with Gasteiger partial charge >= 0.3 is 13.8 Å². The first-order chi connectivity index (χ1) is 8.45. The highest BCUT2D eigenvalue weighted by atomic mass is 31.2. The minimum absolute atomic E-state index is 0.161. The number of carbonyl (C=O) groups excluding carboxylic acids is 1. The molecule has 0 saturated carbocycles. The zero-order chi connectivity index (χ0) is 14.0. The average Bonchev–Trinajstić information content (AvgIpc) is 2.29. The lowest BCUT2D eigenvalue weighted by Crippen LogP contribution is -2.09. The van der Waals surface area contributed by atoms with Crippen LogP contribution in [0.5, 0.6) is 0 Å². The molecule has 0 amide bonds. The SMILES string of the molecule is C=C(C)C(=O)OP(=O)(OCCCC)OCCCC. The molecule has 0 unspecified atom stereocenters. The Labute approximate surface area is 109 Å². The molecule has 5 nitrogen and oxygen atoms in total. The quantitative estimate of drug-likeness (QED) is 0.345. The van der Waals surface area contributed by atoms with Crippen molar-refractivity contribution in [1.29, 1.82) is 0 Å². The standard InChI is InChI=1S/C12H23O5P/c1-5-7-9-15-18(14,16-10-8-6-2)17-12(13)11(3)4/h3,5-10H2,1-2,4H3. The van der Waals surface area contributed by atoms with Crippen LogP contribution in [-0.2, 0) is 22.9 Å². The Bertz CT molecular complexity index is 300. The molecule has 0 aliphatic heterocycles. The first-order valence-corrected chi connectivity index (χ1v) is 7.69. The van der Waals surface area contributed by atoms with Crippen molar-refractivity contribution in [3.63, 3.8) is 0 Å². The maximum atomic E-state index is 12.1. The number of unbranched alkanes of at least 4 members (excludes halogenated alkanes) is 2. The van der Waals surface area contributed by atoms with E-state index in [1.165, 1.54) is 6.92 Å². The third kappa shape index (κ3) is 7.64. The molecule has 0 rings (SSSR count). The normalized spacial score (nSPS) is 11.3. The van der Waals surface area contributed by atoms with Crippen LogP contribution in [0.1, 0.15) is 46.5 Å². The minimum Gasteiger partial charge on any atom is -0.367 e. The lowest BCUT2D eigenvalue weighted by molar-refractivity contribution is -0.132. The summed E-state index contributed by atoms with van der Waals surface area (Å²) in [5.41, 5.74) is 0.161. The fourth-order valence-electron chi connectivity index (χ4n) is 0.911. The summed E-state index contributed by atoms with van der Waals surface area (Å²) >= 11 is 0. The van der Waals surface area contributed by atoms with Gasteiger partial charge in [0.05, 0.1) is 13.2 Å². The Hall–Kier alpha value is -0.640. The molecule has 0 aliphatic carbocycles. The molecule has 0 saturated heterocycles. The van der Waals surface area contributed by atoms with Crippen LogP contribution in [-0.4, -0.2) is 19.2 Å². The second-order valence-corrected chi connectivity index (χ2v) is 5.57. The van der Waals surface area contributed by atoms with Crippen molar-refractivity contribution in [3.8, 4) is 0 Å². The van der Waals surface area contributed by atoms with Gasteiger partial charge < -0.3 is 4.52 Å². The van der Waals surface area contributed by atoms with Crippen LogP contribution < -0.4 is 0 Å². The van der Waals surface area contributed by atoms with Crippen molar-refractivity contribution >= 4 is 13.8 Å². The molecule has 0 aliphatic rings. The van der Waals surface area contributed by atoms with Crippen molar-refractivity contribution in [2.24, 2.45) is 0 Å². The van der Waals surface area contributed by atoms with E-state index in [2.05, 4.69) is 6.58 Å². The molecule has 6 heteroatoms. The van der Waals surface area contributed by atoms with E-state index < -0.39 is 13.8 Å². The maximum absolute atomic E-state index is 12.1. The number of carbonyl (C=O) groups is 1. The van der Waals surface area contributed by atoms with Gasteiger partial charge in [0.1, 0.15) is 0 Å². The largest absolute Gasteiger partial charge is 0.532 e. The Kier molecular flexibility index (Phi) is 8.98. The van der Waals surface area contributed by atoms with Gasteiger partial charge in [0.2, 0.25) is 0 Å². The second kappa shape index (κ2) is 9.31. The van der Waals surface area contributed by atoms with Crippen molar-refractivity contribution < 1.29 is 22.9 Å². The van der Waals surface area contributed by atoms with Gasteiger partial charge in [-0.05, 0) is 19.8 Å². The molecule has 0 heterocycles. The first kappa shape index (κ1) is 17.4. The fourth-order valence-corrected chi connectivity index (χ4v) is 2.16. The molecule has 0 spiro atoms. The first-order valence-electron chi connectivity index (χ1n) is 6.23. The topological polar surface area (TPSA) is 61.8 Å². The van der Waals surface area contributed by atoms with Gasteiger partial charge in [-0.25, -0.2) is 9.36 Å². The smallest absolute Gasteiger partial charge is 0.367 e. The molecule has 0 bridgehead atoms. The van der Waals surface area contributed by atoms with E-state index in [1.54, 1.807) is 0 Å². The highest BCUT2D eigenvalue weighted by Crippen LogP contribution is 2.50.